The summed E-state index contributed by atoms with van der Waals surface area (Å²) >= 11 is 0. The summed E-state index contributed by atoms with van der Waals surface area (Å²) in [6.45, 7) is -1.10. The minimum absolute atomic E-state index is 0.135. The van der Waals surface area contributed by atoms with Crippen LogP contribution in [0, 0.1) is 5.82 Å². The summed E-state index contributed by atoms with van der Waals surface area (Å²) < 4.78 is 81.7. The van der Waals surface area contributed by atoms with Gasteiger partial charge in [-0.05, 0) is 12.1 Å². The molecule has 0 amide bonds. The molecule has 3 rings (SSSR count). The number of imidazole rings is 1. The maximum absolute atomic E-state index is 14.2. The fraction of sp³-hybridized carbons (Fsp3) is 0.235. The van der Waals surface area contributed by atoms with E-state index in [1.54, 1.807) is 0 Å². The van der Waals surface area contributed by atoms with Crippen LogP contribution in [0.5, 0.6) is 11.8 Å². The molecule has 0 aliphatic carbocycles. The topological polar surface area (TPSA) is 121 Å². The molecule has 10 nitrogen and oxygen atoms in total. The van der Waals surface area contributed by atoms with Gasteiger partial charge in [0.25, 0.3) is 22.3 Å². The second-order valence-electron chi connectivity index (χ2n) is 5.87. The van der Waals surface area contributed by atoms with Gasteiger partial charge in [0.2, 0.25) is 5.88 Å². The monoisotopic (exact) mass is 460 g/mol. The van der Waals surface area contributed by atoms with Gasteiger partial charge >= 0.3 is 5.97 Å². The Morgan fingerprint density at radius 1 is 1.26 bits per heavy atom. The van der Waals surface area contributed by atoms with Gasteiger partial charge in [0.05, 0.1) is 26.0 Å². The molecule has 3 aromatic heterocycles. The number of halogens is 3. The number of nitrogens with zero attached hydrogens (tertiary/aromatic N) is 3. The van der Waals surface area contributed by atoms with Crippen LogP contribution in [0.25, 0.3) is 5.65 Å². The van der Waals surface area contributed by atoms with Crippen molar-refractivity contribution in [2.75, 3.05) is 25.5 Å². The number of fused-ring (bicyclic) bond motifs is 1. The first-order valence-electron chi connectivity index (χ1n) is 8.40. The number of anilines is 1. The van der Waals surface area contributed by atoms with Crippen LogP contribution in [-0.2, 0) is 14.8 Å². The highest BCUT2D eigenvalue weighted by atomic mass is 32.2. The van der Waals surface area contributed by atoms with E-state index in [0.717, 1.165) is 13.3 Å². The van der Waals surface area contributed by atoms with Gasteiger partial charge in [0.15, 0.2) is 17.5 Å². The summed E-state index contributed by atoms with van der Waals surface area (Å²) in [5, 5.41) is -0.334. The van der Waals surface area contributed by atoms with Gasteiger partial charge in [-0.25, -0.2) is 22.9 Å². The van der Waals surface area contributed by atoms with Crippen LogP contribution in [-0.4, -0.2) is 56.0 Å². The predicted molar refractivity (Wildman–Crippen MR) is 99.6 cm³/mol. The maximum Gasteiger partial charge on any atom is 0.338 e. The molecule has 31 heavy (non-hydrogen) atoms. The highest BCUT2D eigenvalue weighted by Crippen LogP contribution is 2.30. The number of carbonyl (C=O) groups excluding carboxylic acids is 1. The van der Waals surface area contributed by atoms with Crippen molar-refractivity contribution >= 4 is 27.3 Å². The van der Waals surface area contributed by atoms with Crippen molar-refractivity contribution in [2.24, 2.45) is 0 Å². The molecule has 0 fully saturated rings. The Bertz CT molecular complexity index is 1230. The van der Waals surface area contributed by atoms with Gasteiger partial charge in [-0.3, -0.25) is 9.12 Å². The number of nitrogens with one attached hydrogen (secondary N) is 1. The third kappa shape index (κ3) is 4.63. The highest BCUT2D eigenvalue weighted by molar-refractivity contribution is 7.92. The molecule has 3 heterocycles. The SMILES string of the molecule is COC(=O)c1ccn2c(S(=O)(=O)Nc3cc(F)c(OCC(F)F)nc3OC)cnc2c1. The van der Waals surface area contributed by atoms with E-state index < -0.39 is 52.3 Å². The molecule has 0 aliphatic rings. The van der Waals surface area contributed by atoms with Crippen LogP contribution < -0.4 is 14.2 Å². The Morgan fingerprint density at radius 3 is 2.65 bits per heavy atom. The number of aromatic nitrogens is 3. The first-order valence-corrected chi connectivity index (χ1v) is 9.88. The van der Waals surface area contributed by atoms with Gasteiger partial charge < -0.3 is 14.2 Å². The largest absolute Gasteiger partial charge is 0.479 e. The zero-order valence-corrected chi connectivity index (χ0v) is 16.8. The van der Waals surface area contributed by atoms with Gasteiger partial charge in [-0.15, -0.1) is 0 Å². The van der Waals surface area contributed by atoms with Crippen molar-refractivity contribution in [1.82, 2.24) is 14.4 Å². The average Bonchev–Trinajstić information content (AvgIpc) is 3.16. The lowest BCUT2D eigenvalue weighted by Gasteiger charge is -2.13. The Labute approximate surface area is 173 Å². The number of sulfonamides is 1. The number of methoxy groups -OCH3 is 2. The molecule has 0 spiro atoms. The number of carbonyl (C=O) groups is 1. The van der Waals surface area contributed by atoms with E-state index >= 15 is 0 Å². The highest BCUT2D eigenvalue weighted by Gasteiger charge is 2.24. The zero-order chi connectivity index (χ0) is 22.8. The molecule has 0 bridgehead atoms. The molecule has 3 aromatic rings. The first kappa shape index (κ1) is 22.1. The molecule has 14 heteroatoms. The summed E-state index contributed by atoms with van der Waals surface area (Å²) in [6.07, 6.45) is -0.546. The van der Waals surface area contributed by atoms with E-state index in [9.17, 15) is 26.4 Å². The standard InChI is InChI=1S/C17H15F3N4O6S/c1-28-16-11(6-10(18)15(22-16)30-8-12(19)20)23-31(26,27)14-7-21-13-5-9(17(25)29-2)3-4-24(13)14/h3-7,12,23H,8H2,1-2H3. The lowest BCUT2D eigenvalue weighted by Crippen LogP contribution is -2.17. The van der Waals surface area contributed by atoms with Crippen LogP contribution in [0.3, 0.4) is 0 Å². The van der Waals surface area contributed by atoms with Crippen molar-refractivity contribution in [3.05, 3.63) is 42.0 Å². The van der Waals surface area contributed by atoms with Gasteiger partial charge in [0.1, 0.15) is 11.3 Å². The molecular weight excluding hydrogens is 445 g/mol. The maximum atomic E-state index is 14.2. The Kier molecular flexibility index (Phi) is 6.19. The number of alkyl halides is 2. The lowest BCUT2D eigenvalue weighted by molar-refractivity contribution is 0.0600. The smallest absolute Gasteiger partial charge is 0.338 e. The number of ether oxygens (including phenoxy) is 3. The molecular formula is C17H15F3N4O6S. The van der Waals surface area contributed by atoms with Crippen molar-refractivity contribution < 1.29 is 40.6 Å². The van der Waals surface area contributed by atoms with Crippen LogP contribution in [0.2, 0.25) is 0 Å². The van der Waals surface area contributed by atoms with Crippen molar-refractivity contribution in [1.29, 1.82) is 0 Å². The zero-order valence-electron chi connectivity index (χ0n) is 16.0. The van der Waals surface area contributed by atoms with Gasteiger partial charge in [-0.1, -0.05) is 0 Å². The Hall–Kier alpha value is -3.55. The minimum atomic E-state index is -4.34. The molecule has 0 aliphatic heterocycles. The molecule has 166 valence electrons. The molecule has 0 radical (unpaired) electrons. The van der Waals surface area contributed by atoms with Gasteiger partial charge in [-0.2, -0.15) is 13.4 Å². The second-order valence-corrected chi connectivity index (χ2v) is 7.50. The summed E-state index contributed by atoms with van der Waals surface area (Å²) in [7, 11) is -2.02. The van der Waals surface area contributed by atoms with Crippen LogP contribution >= 0.6 is 0 Å². The van der Waals surface area contributed by atoms with Crippen molar-refractivity contribution in [3.63, 3.8) is 0 Å². The van der Waals surface area contributed by atoms with Crippen molar-refractivity contribution in [2.45, 2.75) is 11.5 Å². The summed E-state index contributed by atoms with van der Waals surface area (Å²) in [5.41, 5.74) is -0.106. The van der Waals surface area contributed by atoms with E-state index in [1.807, 2.05) is 0 Å². The van der Waals surface area contributed by atoms with Gasteiger partial charge in [0, 0.05) is 12.3 Å². The van der Waals surface area contributed by atoms with Crippen LogP contribution in [0.4, 0.5) is 18.9 Å². The van der Waals surface area contributed by atoms with E-state index in [0.29, 0.717) is 6.07 Å². The summed E-state index contributed by atoms with van der Waals surface area (Å²) in [5.74, 6) is -2.99. The number of esters is 1. The first-order chi connectivity index (χ1) is 14.7. The normalized spacial score (nSPS) is 11.5. The third-order valence-electron chi connectivity index (χ3n) is 3.87. The lowest BCUT2D eigenvalue weighted by atomic mass is 10.3. The number of hydrogen-bond donors (Lipinski definition) is 1. The number of rotatable bonds is 8. The molecule has 1 N–H and O–H groups in total. The Morgan fingerprint density at radius 2 is 2.00 bits per heavy atom. The molecule has 0 saturated carbocycles. The van der Waals surface area contributed by atoms with E-state index in [-0.39, 0.29) is 16.2 Å². The van der Waals surface area contributed by atoms with E-state index in [2.05, 4.69) is 24.2 Å². The minimum Gasteiger partial charge on any atom is -0.479 e. The number of pyridine rings is 2. The molecule has 0 atom stereocenters. The fourth-order valence-electron chi connectivity index (χ4n) is 2.53. The predicted octanol–water partition coefficient (Wildman–Crippen LogP) is 2.11. The number of hydrogen-bond acceptors (Lipinski definition) is 8. The third-order valence-corrected chi connectivity index (χ3v) is 5.21. The fourth-order valence-corrected chi connectivity index (χ4v) is 3.67. The summed E-state index contributed by atoms with van der Waals surface area (Å²) in [4.78, 5) is 19.1. The average molecular weight is 460 g/mol. The van der Waals surface area contributed by atoms with Crippen LogP contribution in [0.15, 0.2) is 35.6 Å². The quantitative estimate of drug-likeness (QED) is 0.508. The molecule has 0 unspecified atom stereocenters. The molecule has 0 saturated heterocycles. The van der Waals surface area contributed by atoms with Crippen LogP contribution in [0.1, 0.15) is 10.4 Å². The molecule has 0 aromatic carbocycles. The van der Waals surface area contributed by atoms with Crippen molar-refractivity contribution in [3.8, 4) is 11.8 Å². The second kappa shape index (κ2) is 8.67. The van der Waals surface area contributed by atoms with E-state index in [1.165, 1.54) is 29.8 Å². The van der Waals surface area contributed by atoms with E-state index in [4.69, 9.17) is 4.74 Å². The summed E-state index contributed by atoms with van der Waals surface area (Å²) in [6, 6.07) is 3.33. The Balaban J connectivity index is 1.95.